The Bertz CT molecular complexity index is 586. The normalized spacial score (nSPS) is 14.6. The maximum atomic E-state index is 12.2. The quantitative estimate of drug-likeness (QED) is 0.711. The number of nitrogens with one attached hydrogen (secondary N) is 1. The highest BCUT2D eigenvalue weighted by Crippen LogP contribution is 2.38. The Kier molecular flexibility index (Phi) is 5.89. The molecule has 24 heavy (non-hydrogen) atoms. The van der Waals surface area contributed by atoms with Crippen LogP contribution in [-0.2, 0) is 16.0 Å². The Morgan fingerprint density at radius 3 is 2.17 bits per heavy atom. The van der Waals surface area contributed by atoms with Gasteiger partial charge in [-0.05, 0) is 30.0 Å². The first-order valence-corrected chi connectivity index (χ1v) is 7.79. The van der Waals surface area contributed by atoms with Crippen molar-refractivity contribution < 1.29 is 28.9 Å². The van der Waals surface area contributed by atoms with Crippen LogP contribution in [0.25, 0.3) is 0 Å². The molecule has 132 valence electrons. The van der Waals surface area contributed by atoms with E-state index in [1.807, 2.05) is 0 Å². The van der Waals surface area contributed by atoms with Crippen LogP contribution in [0.2, 0.25) is 0 Å². The van der Waals surface area contributed by atoms with Gasteiger partial charge in [0.15, 0.2) is 11.5 Å². The average Bonchev–Trinajstić information content (AvgIpc) is 3.37. The fourth-order valence-corrected chi connectivity index (χ4v) is 2.58. The number of rotatable bonds is 9. The van der Waals surface area contributed by atoms with Gasteiger partial charge in [0.2, 0.25) is 11.7 Å². The van der Waals surface area contributed by atoms with Gasteiger partial charge in [-0.15, -0.1) is 0 Å². The summed E-state index contributed by atoms with van der Waals surface area (Å²) in [5, 5.41) is 11.8. The van der Waals surface area contributed by atoms with Crippen molar-refractivity contribution in [3.63, 3.8) is 0 Å². The summed E-state index contributed by atoms with van der Waals surface area (Å²) >= 11 is 0. The zero-order chi connectivity index (χ0) is 17.7. The van der Waals surface area contributed by atoms with Gasteiger partial charge in [-0.1, -0.05) is 12.8 Å². The number of benzene rings is 1. The number of hydrogen-bond acceptors (Lipinski definition) is 5. The minimum Gasteiger partial charge on any atom is -0.493 e. The Morgan fingerprint density at radius 1 is 1.17 bits per heavy atom. The molecule has 1 aliphatic rings. The summed E-state index contributed by atoms with van der Waals surface area (Å²) < 4.78 is 15.7. The van der Waals surface area contributed by atoms with Crippen molar-refractivity contribution in [1.29, 1.82) is 0 Å². The first-order chi connectivity index (χ1) is 11.5. The molecule has 0 radical (unpaired) electrons. The zero-order valence-corrected chi connectivity index (χ0v) is 14.1. The SMILES string of the molecule is COc1cc(CC(=O)NC(CC2CC2)C(=O)O)cc(OC)c1OC. The van der Waals surface area contributed by atoms with E-state index in [-0.39, 0.29) is 12.3 Å². The first-order valence-electron chi connectivity index (χ1n) is 7.79. The predicted molar refractivity (Wildman–Crippen MR) is 86.7 cm³/mol. The molecule has 1 aliphatic carbocycles. The van der Waals surface area contributed by atoms with Crippen molar-refractivity contribution in [3.05, 3.63) is 17.7 Å². The van der Waals surface area contributed by atoms with Crippen molar-refractivity contribution in [3.8, 4) is 17.2 Å². The van der Waals surface area contributed by atoms with E-state index < -0.39 is 12.0 Å². The van der Waals surface area contributed by atoms with Crippen LogP contribution in [0.3, 0.4) is 0 Å². The number of ether oxygens (including phenoxy) is 3. The molecule has 1 atom stereocenters. The van der Waals surface area contributed by atoms with Gasteiger partial charge in [-0.2, -0.15) is 0 Å². The number of methoxy groups -OCH3 is 3. The molecule has 1 aromatic carbocycles. The molecule has 7 nitrogen and oxygen atoms in total. The Balaban J connectivity index is 2.08. The molecule has 1 aromatic rings. The first kappa shape index (κ1) is 17.9. The van der Waals surface area contributed by atoms with Gasteiger partial charge in [-0.25, -0.2) is 4.79 Å². The van der Waals surface area contributed by atoms with Gasteiger partial charge in [0, 0.05) is 0 Å². The number of carboxylic acid groups (broad SMARTS) is 1. The average molecular weight is 337 g/mol. The molecule has 2 rings (SSSR count). The van der Waals surface area contributed by atoms with Crippen LogP contribution in [0.15, 0.2) is 12.1 Å². The summed E-state index contributed by atoms with van der Waals surface area (Å²) in [6.45, 7) is 0. The van der Waals surface area contributed by atoms with E-state index >= 15 is 0 Å². The smallest absolute Gasteiger partial charge is 0.326 e. The number of hydrogen-bond donors (Lipinski definition) is 2. The molecule has 7 heteroatoms. The van der Waals surface area contributed by atoms with E-state index in [4.69, 9.17) is 14.2 Å². The minimum atomic E-state index is -1.000. The summed E-state index contributed by atoms with van der Waals surface area (Å²) in [6, 6.07) is 2.52. The van der Waals surface area contributed by atoms with E-state index in [2.05, 4.69) is 5.32 Å². The van der Waals surface area contributed by atoms with Gasteiger partial charge in [0.05, 0.1) is 27.8 Å². The maximum absolute atomic E-state index is 12.2. The third-order valence-corrected chi connectivity index (χ3v) is 3.99. The van der Waals surface area contributed by atoms with Crippen molar-refractivity contribution in [1.82, 2.24) is 5.32 Å². The molecular formula is C17H23NO6. The molecular weight excluding hydrogens is 314 g/mol. The van der Waals surface area contributed by atoms with Gasteiger partial charge >= 0.3 is 5.97 Å². The number of carbonyl (C=O) groups is 2. The van der Waals surface area contributed by atoms with E-state index in [1.165, 1.54) is 21.3 Å². The molecule has 0 spiro atoms. The van der Waals surface area contributed by atoms with Crippen LogP contribution >= 0.6 is 0 Å². The Morgan fingerprint density at radius 2 is 1.75 bits per heavy atom. The van der Waals surface area contributed by atoms with Gasteiger partial charge in [0.1, 0.15) is 6.04 Å². The van der Waals surface area contributed by atoms with Crippen LogP contribution < -0.4 is 19.5 Å². The molecule has 2 N–H and O–H groups in total. The lowest BCUT2D eigenvalue weighted by Crippen LogP contribution is -2.41. The minimum absolute atomic E-state index is 0.0329. The van der Waals surface area contributed by atoms with E-state index in [9.17, 15) is 14.7 Å². The van der Waals surface area contributed by atoms with Crippen molar-refractivity contribution >= 4 is 11.9 Å². The predicted octanol–water partition coefficient (Wildman–Crippen LogP) is 1.62. The molecule has 0 aliphatic heterocycles. The molecule has 1 fully saturated rings. The molecule has 1 unspecified atom stereocenters. The largest absolute Gasteiger partial charge is 0.493 e. The van der Waals surface area contributed by atoms with Crippen molar-refractivity contribution in [2.45, 2.75) is 31.7 Å². The lowest BCUT2D eigenvalue weighted by Gasteiger charge is -2.16. The summed E-state index contributed by atoms with van der Waals surface area (Å²) in [6.07, 6.45) is 2.58. The van der Waals surface area contributed by atoms with E-state index in [0.29, 0.717) is 35.2 Å². The molecule has 0 heterocycles. The molecule has 1 saturated carbocycles. The maximum Gasteiger partial charge on any atom is 0.326 e. The second-order valence-electron chi connectivity index (χ2n) is 5.85. The molecule has 0 aromatic heterocycles. The van der Waals surface area contributed by atoms with Crippen LogP contribution in [-0.4, -0.2) is 44.4 Å². The van der Waals surface area contributed by atoms with Gasteiger partial charge in [-0.3, -0.25) is 4.79 Å². The van der Waals surface area contributed by atoms with Gasteiger partial charge in [0.25, 0.3) is 0 Å². The summed E-state index contributed by atoms with van der Waals surface area (Å²) in [4.78, 5) is 23.5. The summed E-state index contributed by atoms with van der Waals surface area (Å²) in [5.41, 5.74) is 0.651. The van der Waals surface area contributed by atoms with Crippen LogP contribution in [0.5, 0.6) is 17.2 Å². The summed E-state index contributed by atoms with van der Waals surface area (Å²) in [7, 11) is 4.50. The fourth-order valence-electron chi connectivity index (χ4n) is 2.58. The van der Waals surface area contributed by atoms with Crippen molar-refractivity contribution in [2.75, 3.05) is 21.3 Å². The topological polar surface area (TPSA) is 94.1 Å². The molecule has 0 bridgehead atoms. The molecule has 1 amide bonds. The molecule has 0 saturated heterocycles. The van der Waals surface area contributed by atoms with Crippen LogP contribution in [0.4, 0.5) is 0 Å². The van der Waals surface area contributed by atoms with Crippen LogP contribution in [0, 0.1) is 5.92 Å². The fraction of sp³-hybridized carbons (Fsp3) is 0.529. The Hall–Kier alpha value is -2.44. The van der Waals surface area contributed by atoms with E-state index in [1.54, 1.807) is 12.1 Å². The number of aliphatic carboxylic acids is 1. The lowest BCUT2D eigenvalue weighted by atomic mass is 10.1. The highest BCUT2D eigenvalue weighted by Gasteiger charge is 2.30. The highest BCUT2D eigenvalue weighted by atomic mass is 16.5. The van der Waals surface area contributed by atoms with Crippen molar-refractivity contribution in [2.24, 2.45) is 5.92 Å². The highest BCUT2D eigenvalue weighted by molar-refractivity contribution is 5.85. The third kappa shape index (κ3) is 4.53. The van der Waals surface area contributed by atoms with Gasteiger partial charge < -0.3 is 24.6 Å². The lowest BCUT2D eigenvalue weighted by molar-refractivity contribution is -0.142. The monoisotopic (exact) mass is 337 g/mol. The van der Waals surface area contributed by atoms with E-state index in [0.717, 1.165) is 12.8 Å². The second-order valence-corrected chi connectivity index (χ2v) is 5.85. The third-order valence-electron chi connectivity index (χ3n) is 3.99. The summed E-state index contributed by atoms with van der Waals surface area (Å²) in [5.74, 6) is 0.408. The standard InChI is InChI=1S/C17H23NO6/c1-22-13-7-11(8-14(23-2)16(13)24-3)9-15(19)18-12(17(20)21)6-10-4-5-10/h7-8,10,12H,4-6,9H2,1-3H3,(H,18,19)(H,20,21). The number of amides is 1. The number of carbonyl (C=O) groups excluding carboxylic acids is 1. The van der Waals surface area contributed by atoms with Crippen LogP contribution in [0.1, 0.15) is 24.8 Å². The second kappa shape index (κ2) is 7.90. The number of carboxylic acids is 1. The zero-order valence-electron chi connectivity index (χ0n) is 14.1. The Labute approximate surface area is 140 Å².